The quantitative estimate of drug-likeness (QED) is 0.767. The van der Waals surface area contributed by atoms with Crippen LogP contribution in [0.25, 0.3) is 0 Å². The highest BCUT2D eigenvalue weighted by Crippen LogP contribution is 2.15. The van der Waals surface area contributed by atoms with Crippen LogP contribution in [0.15, 0.2) is 54.6 Å². The highest BCUT2D eigenvalue weighted by Gasteiger charge is 2.15. The summed E-state index contributed by atoms with van der Waals surface area (Å²) in [4.78, 5) is 25.3. The van der Waals surface area contributed by atoms with Gasteiger partial charge in [-0.3, -0.25) is 9.59 Å². The lowest BCUT2D eigenvalue weighted by atomic mass is 10.0. The van der Waals surface area contributed by atoms with E-state index in [1.807, 2.05) is 30.3 Å². The number of carbonyl (C=O) groups excluding carboxylic acids is 2. The van der Waals surface area contributed by atoms with Gasteiger partial charge in [0.05, 0.1) is 13.0 Å². The van der Waals surface area contributed by atoms with Crippen LogP contribution < -0.4 is 4.90 Å². The molecule has 24 heavy (non-hydrogen) atoms. The number of aliphatic hydroxyl groups excluding tert-OH is 2. The van der Waals surface area contributed by atoms with Gasteiger partial charge in [-0.25, -0.2) is 0 Å². The number of amides is 1. The van der Waals surface area contributed by atoms with Crippen LogP contribution in [0, 0.1) is 0 Å². The van der Waals surface area contributed by atoms with Crippen LogP contribution >= 0.6 is 0 Å². The van der Waals surface area contributed by atoms with Crippen LogP contribution in [-0.2, 0) is 22.4 Å². The third-order valence-electron chi connectivity index (χ3n) is 3.65. The van der Waals surface area contributed by atoms with Crippen LogP contribution in [0.5, 0.6) is 0 Å². The van der Waals surface area contributed by atoms with Crippen molar-refractivity contribution < 1.29 is 19.8 Å². The molecule has 2 aromatic rings. The SMILES string of the molecule is O=C(CO)Cc1ccc(CC(=O)N(CCO)c2ccccc2)cc1. The Morgan fingerprint density at radius 1 is 0.833 bits per heavy atom. The van der Waals surface area contributed by atoms with Gasteiger partial charge >= 0.3 is 0 Å². The lowest BCUT2D eigenvalue weighted by molar-refractivity contribution is -0.121. The third kappa shape index (κ3) is 5.01. The standard InChI is InChI=1S/C19H21NO4/c21-11-10-20(17-4-2-1-3-5-17)19(24)13-16-8-6-15(7-9-16)12-18(23)14-22/h1-9,21-22H,10-14H2. The summed E-state index contributed by atoms with van der Waals surface area (Å²) in [5.41, 5.74) is 2.39. The monoisotopic (exact) mass is 327 g/mol. The molecule has 2 rings (SSSR count). The maximum atomic E-state index is 12.5. The fraction of sp³-hybridized carbons (Fsp3) is 0.263. The van der Waals surface area contributed by atoms with E-state index < -0.39 is 6.61 Å². The van der Waals surface area contributed by atoms with Gasteiger partial charge in [0.2, 0.25) is 5.91 Å². The number of rotatable bonds is 8. The fourth-order valence-electron chi connectivity index (χ4n) is 2.43. The number of para-hydroxylation sites is 1. The molecule has 1 amide bonds. The number of aliphatic hydroxyl groups is 2. The molecule has 0 radical (unpaired) electrons. The second-order valence-electron chi connectivity index (χ2n) is 5.47. The van der Waals surface area contributed by atoms with E-state index >= 15 is 0 Å². The smallest absolute Gasteiger partial charge is 0.231 e. The zero-order chi connectivity index (χ0) is 17.4. The Bertz CT molecular complexity index is 668. The van der Waals surface area contributed by atoms with Crippen molar-refractivity contribution in [2.45, 2.75) is 12.8 Å². The first-order valence-electron chi connectivity index (χ1n) is 7.80. The molecule has 5 nitrogen and oxygen atoms in total. The van der Waals surface area contributed by atoms with Gasteiger partial charge in [0.25, 0.3) is 0 Å². The van der Waals surface area contributed by atoms with Crippen LogP contribution in [0.4, 0.5) is 5.69 Å². The molecule has 0 unspecified atom stereocenters. The van der Waals surface area contributed by atoms with E-state index in [0.29, 0.717) is 0 Å². The molecule has 0 aliphatic carbocycles. The third-order valence-corrected chi connectivity index (χ3v) is 3.65. The van der Waals surface area contributed by atoms with E-state index in [1.54, 1.807) is 29.2 Å². The van der Waals surface area contributed by atoms with E-state index in [1.165, 1.54) is 0 Å². The molecule has 0 aliphatic heterocycles. The van der Waals surface area contributed by atoms with Gasteiger partial charge in [-0.1, -0.05) is 42.5 Å². The minimum atomic E-state index is -0.465. The highest BCUT2D eigenvalue weighted by atomic mass is 16.3. The minimum Gasteiger partial charge on any atom is -0.395 e. The Balaban J connectivity index is 2.05. The molecule has 0 heterocycles. The van der Waals surface area contributed by atoms with E-state index in [-0.39, 0.29) is 37.7 Å². The minimum absolute atomic E-state index is 0.102. The van der Waals surface area contributed by atoms with Crippen molar-refractivity contribution in [3.05, 3.63) is 65.7 Å². The molecule has 0 spiro atoms. The van der Waals surface area contributed by atoms with Gasteiger partial charge in [0, 0.05) is 18.7 Å². The summed E-state index contributed by atoms with van der Waals surface area (Å²) in [6, 6.07) is 16.4. The number of benzene rings is 2. The maximum absolute atomic E-state index is 12.5. The van der Waals surface area contributed by atoms with Gasteiger partial charge in [0.15, 0.2) is 5.78 Å². The normalized spacial score (nSPS) is 10.4. The van der Waals surface area contributed by atoms with E-state index in [9.17, 15) is 14.7 Å². The van der Waals surface area contributed by atoms with E-state index in [2.05, 4.69) is 0 Å². The van der Waals surface area contributed by atoms with Crippen LogP contribution in [0.3, 0.4) is 0 Å². The molecule has 0 fully saturated rings. The number of anilines is 1. The molecule has 126 valence electrons. The average molecular weight is 327 g/mol. The zero-order valence-electron chi connectivity index (χ0n) is 13.4. The Hall–Kier alpha value is -2.50. The van der Waals surface area contributed by atoms with Gasteiger partial charge in [-0.2, -0.15) is 0 Å². The van der Waals surface area contributed by atoms with Crippen molar-refractivity contribution in [3.63, 3.8) is 0 Å². The van der Waals surface area contributed by atoms with Crippen LogP contribution in [0.2, 0.25) is 0 Å². The number of carbonyl (C=O) groups is 2. The Morgan fingerprint density at radius 3 is 1.96 bits per heavy atom. The van der Waals surface area contributed by atoms with Gasteiger partial charge < -0.3 is 15.1 Å². The highest BCUT2D eigenvalue weighted by molar-refractivity contribution is 5.94. The molecule has 0 aromatic heterocycles. The largest absolute Gasteiger partial charge is 0.395 e. The Labute approximate surface area is 141 Å². The maximum Gasteiger partial charge on any atom is 0.231 e. The van der Waals surface area contributed by atoms with Gasteiger partial charge in [-0.15, -0.1) is 0 Å². The summed E-state index contributed by atoms with van der Waals surface area (Å²) in [5, 5.41) is 18.0. The average Bonchev–Trinajstić information content (AvgIpc) is 2.61. The molecule has 5 heteroatoms. The van der Waals surface area contributed by atoms with Gasteiger partial charge in [0.1, 0.15) is 6.61 Å². The topological polar surface area (TPSA) is 77.8 Å². The van der Waals surface area contributed by atoms with Crippen LogP contribution in [0.1, 0.15) is 11.1 Å². The summed E-state index contributed by atoms with van der Waals surface area (Å²) < 4.78 is 0. The molecule has 0 saturated heterocycles. The number of Topliss-reactive ketones (excluding diaryl/α,β-unsaturated/α-hetero) is 1. The number of hydrogen-bond acceptors (Lipinski definition) is 4. The summed E-state index contributed by atoms with van der Waals surface area (Å²) in [6.45, 7) is -0.331. The predicted molar refractivity (Wildman–Crippen MR) is 91.8 cm³/mol. The summed E-state index contributed by atoms with van der Waals surface area (Å²) in [7, 11) is 0. The van der Waals surface area contributed by atoms with E-state index in [0.717, 1.165) is 16.8 Å². The molecule has 2 N–H and O–H groups in total. The van der Waals surface area contributed by atoms with Crippen molar-refractivity contribution in [1.29, 1.82) is 0 Å². The first-order chi connectivity index (χ1) is 11.6. The predicted octanol–water partition coefficient (Wildman–Crippen LogP) is 1.36. The molecule has 0 atom stereocenters. The first kappa shape index (κ1) is 17.8. The van der Waals surface area contributed by atoms with Crippen molar-refractivity contribution in [2.24, 2.45) is 0 Å². The molecular formula is C19H21NO4. The second-order valence-corrected chi connectivity index (χ2v) is 5.47. The Kier molecular flexibility index (Phi) is 6.66. The fourth-order valence-corrected chi connectivity index (χ4v) is 2.43. The molecule has 2 aromatic carbocycles. The van der Waals surface area contributed by atoms with E-state index in [4.69, 9.17) is 5.11 Å². The van der Waals surface area contributed by atoms with Crippen molar-refractivity contribution in [3.8, 4) is 0 Å². The van der Waals surface area contributed by atoms with Crippen LogP contribution in [-0.4, -0.2) is 41.7 Å². The summed E-state index contributed by atoms with van der Waals surface area (Å²) in [5.74, 6) is -0.341. The molecule has 0 saturated carbocycles. The molecule has 0 aliphatic rings. The number of hydrogen-bond donors (Lipinski definition) is 2. The number of nitrogens with zero attached hydrogens (tertiary/aromatic N) is 1. The first-order valence-corrected chi connectivity index (χ1v) is 7.80. The number of ketones is 1. The molecular weight excluding hydrogens is 306 g/mol. The zero-order valence-corrected chi connectivity index (χ0v) is 13.4. The van der Waals surface area contributed by atoms with Gasteiger partial charge in [-0.05, 0) is 23.3 Å². The van der Waals surface area contributed by atoms with Crippen molar-refractivity contribution in [1.82, 2.24) is 0 Å². The summed E-state index contributed by atoms with van der Waals surface area (Å²) in [6.07, 6.45) is 0.397. The lowest BCUT2D eigenvalue weighted by Gasteiger charge is -2.22. The Morgan fingerprint density at radius 2 is 1.42 bits per heavy atom. The van der Waals surface area contributed by atoms with Crippen molar-refractivity contribution in [2.75, 3.05) is 24.7 Å². The molecule has 0 bridgehead atoms. The van der Waals surface area contributed by atoms with Crippen molar-refractivity contribution >= 4 is 17.4 Å². The lowest BCUT2D eigenvalue weighted by Crippen LogP contribution is -2.34. The second kappa shape index (κ2) is 8.96. The summed E-state index contributed by atoms with van der Waals surface area (Å²) >= 11 is 0.